The minimum Gasteiger partial charge on any atom is -0.428 e. The summed E-state index contributed by atoms with van der Waals surface area (Å²) in [5, 5.41) is 2.37. The Labute approximate surface area is 92.9 Å². The standard InChI is InChI=1S/C8H13N3O4S/c1-16(13,14)3-2-6(9)8(12)11-7-4-10-5-15-7/h4-6H,2-3,9H2,1H3,(H,11,12)/t6-/m0/s1. The molecule has 0 saturated heterocycles. The molecule has 1 aromatic heterocycles. The second-order valence-corrected chi connectivity index (χ2v) is 5.64. The number of anilines is 1. The number of amides is 1. The van der Waals surface area contributed by atoms with Crippen molar-refractivity contribution in [1.29, 1.82) is 0 Å². The van der Waals surface area contributed by atoms with E-state index in [9.17, 15) is 13.2 Å². The predicted molar refractivity (Wildman–Crippen MR) is 57.4 cm³/mol. The molecule has 3 N–H and O–H groups in total. The summed E-state index contributed by atoms with van der Waals surface area (Å²) in [5.41, 5.74) is 5.50. The van der Waals surface area contributed by atoms with Crippen LogP contribution in [0.5, 0.6) is 0 Å². The zero-order valence-corrected chi connectivity index (χ0v) is 9.53. The number of rotatable bonds is 5. The van der Waals surface area contributed by atoms with Crippen molar-refractivity contribution in [3.8, 4) is 0 Å². The quantitative estimate of drug-likeness (QED) is 0.716. The van der Waals surface area contributed by atoms with E-state index in [2.05, 4.69) is 10.3 Å². The average Bonchev–Trinajstić information content (AvgIpc) is 2.65. The number of sulfone groups is 1. The highest BCUT2D eigenvalue weighted by Crippen LogP contribution is 2.05. The first kappa shape index (κ1) is 12.7. The molecule has 0 saturated carbocycles. The number of nitrogens with zero attached hydrogens (tertiary/aromatic N) is 1. The van der Waals surface area contributed by atoms with Crippen LogP contribution in [0.4, 0.5) is 5.88 Å². The lowest BCUT2D eigenvalue weighted by Gasteiger charge is -2.09. The van der Waals surface area contributed by atoms with Crippen LogP contribution in [-0.2, 0) is 14.6 Å². The van der Waals surface area contributed by atoms with Crippen molar-refractivity contribution < 1.29 is 17.6 Å². The maximum atomic E-state index is 11.4. The van der Waals surface area contributed by atoms with Gasteiger partial charge in [-0.15, -0.1) is 0 Å². The molecule has 0 spiro atoms. The van der Waals surface area contributed by atoms with E-state index in [0.717, 1.165) is 12.6 Å². The predicted octanol–water partition coefficient (Wildman–Crippen LogP) is -0.625. The second kappa shape index (κ2) is 5.08. The summed E-state index contributed by atoms with van der Waals surface area (Å²) >= 11 is 0. The Morgan fingerprint density at radius 3 is 2.88 bits per heavy atom. The topological polar surface area (TPSA) is 115 Å². The molecule has 0 unspecified atom stereocenters. The van der Waals surface area contributed by atoms with Crippen LogP contribution in [-0.4, -0.2) is 37.4 Å². The zero-order chi connectivity index (χ0) is 12.2. The van der Waals surface area contributed by atoms with E-state index in [1.807, 2.05) is 0 Å². The van der Waals surface area contributed by atoms with Crippen molar-refractivity contribution in [1.82, 2.24) is 4.98 Å². The van der Waals surface area contributed by atoms with E-state index in [0.29, 0.717) is 0 Å². The van der Waals surface area contributed by atoms with E-state index in [4.69, 9.17) is 10.2 Å². The van der Waals surface area contributed by atoms with Crippen molar-refractivity contribution in [2.75, 3.05) is 17.3 Å². The Bertz CT molecular complexity index is 440. The van der Waals surface area contributed by atoms with Gasteiger partial charge >= 0.3 is 0 Å². The Morgan fingerprint density at radius 1 is 1.69 bits per heavy atom. The molecule has 0 bridgehead atoms. The number of nitrogens with one attached hydrogen (secondary N) is 1. The van der Waals surface area contributed by atoms with Gasteiger partial charge in [0.1, 0.15) is 9.84 Å². The molecule has 0 fully saturated rings. The fourth-order valence-corrected chi connectivity index (χ4v) is 1.65. The number of aromatic nitrogens is 1. The molecular weight excluding hydrogens is 234 g/mol. The summed E-state index contributed by atoms with van der Waals surface area (Å²) in [7, 11) is -3.11. The summed E-state index contributed by atoms with van der Waals surface area (Å²) in [6.45, 7) is 0. The maximum Gasteiger partial charge on any atom is 0.243 e. The average molecular weight is 247 g/mol. The van der Waals surface area contributed by atoms with Crippen molar-refractivity contribution in [3.05, 3.63) is 12.6 Å². The van der Waals surface area contributed by atoms with Gasteiger partial charge in [0.2, 0.25) is 11.8 Å². The van der Waals surface area contributed by atoms with Crippen LogP contribution in [0.3, 0.4) is 0 Å². The molecular formula is C8H13N3O4S. The first-order valence-corrected chi connectivity index (χ1v) is 6.57. The molecule has 0 aliphatic carbocycles. The van der Waals surface area contributed by atoms with Gasteiger partial charge in [0.05, 0.1) is 18.0 Å². The lowest BCUT2D eigenvalue weighted by molar-refractivity contribution is -0.117. The van der Waals surface area contributed by atoms with E-state index in [1.165, 1.54) is 6.20 Å². The summed E-state index contributed by atoms with van der Waals surface area (Å²) in [4.78, 5) is 15.0. The van der Waals surface area contributed by atoms with E-state index in [-0.39, 0.29) is 18.1 Å². The fourth-order valence-electron chi connectivity index (χ4n) is 0.964. The number of carbonyl (C=O) groups is 1. The number of nitrogens with two attached hydrogens (primary N) is 1. The van der Waals surface area contributed by atoms with Gasteiger partial charge in [-0.25, -0.2) is 13.4 Å². The summed E-state index contributed by atoms with van der Waals surface area (Å²) in [6.07, 6.45) is 3.64. The molecule has 16 heavy (non-hydrogen) atoms. The highest BCUT2D eigenvalue weighted by molar-refractivity contribution is 7.90. The Kier molecular flexibility index (Phi) is 4.02. The molecule has 0 aliphatic rings. The fraction of sp³-hybridized carbons (Fsp3) is 0.500. The number of hydrogen-bond donors (Lipinski definition) is 2. The molecule has 1 atom stereocenters. The normalized spacial score (nSPS) is 13.4. The first-order valence-electron chi connectivity index (χ1n) is 4.51. The van der Waals surface area contributed by atoms with Crippen LogP contribution in [0.1, 0.15) is 6.42 Å². The Hall–Kier alpha value is -1.41. The molecule has 0 aromatic carbocycles. The van der Waals surface area contributed by atoms with E-state index in [1.54, 1.807) is 0 Å². The molecule has 90 valence electrons. The van der Waals surface area contributed by atoms with Crippen LogP contribution >= 0.6 is 0 Å². The minimum atomic E-state index is -3.11. The van der Waals surface area contributed by atoms with Crippen molar-refractivity contribution >= 4 is 21.6 Å². The largest absolute Gasteiger partial charge is 0.428 e. The van der Waals surface area contributed by atoms with Crippen molar-refractivity contribution in [2.24, 2.45) is 5.73 Å². The van der Waals surface area contributed by atoms with Gasteiger partial charge in [-0.1, -0.05) is 0 Å². The number of hydrogen-bond acceptors (Lipinski definition) is 6. The van der Waals surface area contributed by atoms with E-state index < -0.39 is 21.8 Å². The van der Waals surface area contributed by atoms with Gasteiger partial charge < -0.3 is 10.2 Å². The molecule has 0 aliphatic heterocycles. The highest BCUT2D eigenvalue weighted by Gasteiger charge is 2.16. The van der Waals surface area contributed by atoms with Gasteiger partial charge in [0, 0.05) is 6.26 Å². The van der Waals surface area contributed by atoms with Crippen LogP contribution < -0.4 is 11.1 Å². The Balaban J connectivity index is 2.42. The monoisotopic (exact) mass is 247 g/mol. The van der Waals surface area contributed by atoms with Crippen LogP contribution in [0.25, 0.3) is 0 Å². The molecule has 8 heteroatoms. The van der Waals surface area contributed by atoms with Gasteiger partial charge in [0.25, 0.3) is 0 Å². The van der Waals surface area contributed by atoms with Crippen LogP contribution in [0, 0.1) is 0 Å². The number of carbonyl (C=O) groups excluding carboxylic acids is 1. The smallest absolute Gasteiger partial charge is 0.243 e. The molecule has 0 radical (unpaired) electrons. The second-order valence-electron chi connectivity index (χ2n) is 3.38. The maximum absolute atomic E-state index is 11.4. The lowest BCUT2D eigenvalue weighted by atomic mass is 10.2. The van der Waals surface area contributed by atoms with Gasteiger partial charge in [-0.2, -0.15) is 0 Å². The van der Waals surface area contributed by atoms with Crippen molar-refractivity contribution in [2.45, 2.75) is 12.5 Å². The summed E-state index contributed by atoms with van der Waals surface area (Å²) in [5.74, 6) is -0.446. The van der Waals surface area contributed by atoms with Crippen LogP contribution in [0.15, 0.2) is 17.0 Å². The third-order valence-electron chi connectivity index (χ3n) is 1.82. The first-order chi connectivity index (χ1) is 7.38. The zero-order valence-electron chi connectivity index (χ0n) is 8.71. The van der Waals surface area contributed by atoms with Gasteiger partial charge in [-0.3, -0.25) is 10.1 Å². The molecule has 1 heterocycles. The lowest BCUT2D eigenvalue weighted by Crippen LogP contribution is -2.37. The molecule has 1 aromatic rings. The van der Waals surface area contributed by atoms with Crippen LogP contribution in [0.2, 0.25) is 0 Å². The highest BCUT2D eigenvalue weighted by atomic mass is 32.2. The molecule has 7 nitrogen and oxygen atoms in total. The molecule has 1 rings (SSSR count). The summed E-state index contributed by atoms with van der Waals surface area (Å²) < 4.78 is 26.5. The van der Waals surface area contributed by atoms with Gasteiger partial charge in [-0.05, 0) is 6.42 Å². The number of oxazole rings is 1. The third-order valence-corrected chi connectivity index (χ3v) is 2.79. The SMILES string of the molecule is CS(=O)(=O)CC[C@H](N)C(=O)Nc1cnco1. The third kappa shape index (κ3) is 4.41. The van der Waals surface area contributed by atoms with E-state index >= 15 is 0 Å². The summed E-state index contributed by atoms with van der Waals surface area (Å²) in [6, 6.07) is -0.889. The molecule has 1 amide bonds. The Morgan fingerprint density at radius 2 is 2.38 bits per heavy atom. The minimum absolute atomic E-state index is 0.0683. The van der Waals surface area contributed by atoms with Gasteiger partial charge in [0.15, 0.2) is 6.39 Å². The van der Waals surface area contributed by atoms with Crippen molar-refractivity contribution in [3.63, 3.8) is 0 Å².